The van der Waals surface area contributed by atoms with Crippen LogP contribution in [0.4, 0.5) is 5.82 Å². The summed E-state index contributed by atoms with van der Waals surface area (Å²) in [6, 6.07) is 2.51. The highest BCUT2D eigenvalue weighted by Crippen LogP contribution is 2.35. The molecule has 2 heterocycles. The summed E-state index contributed by atoms with van der Waals surface area (Å²) in [4.78, 5) is 12.5. The molecule has 0 aliphatic heterocycles. The molecule has 5 nitrogen and oxygen atoms in total. The zero-order valence-corrected chi connectivity index (χ0v) is 10.8. The summed E-state index contributed by atoms with van der Waals surface area (Å²) in [6.45, 7) is 0.687. The van der Waals surface area contributed by atoms with Crippen molar-refractivity contribution in [3.63, 3.8) is 0 Å². The van der Waals surface area contributed by atoms with E-state index in [0.717, 1.165) is 16.2 Å². The predicted octanol–water partition coefficient (Wildman–Crippen LogP) is 2.38. The first-order chi connectivity index (χ1) is 8.33. The molecule has 6 heteroatoms. The molecular formula is C11H12BrN5. The largest absolute Gasteiger partial charge is 0.363 e. The maximum atomic E-state index is 4.36. The topological polar surface area (TPSA) is 55.6 Å². The van der Waals surface area contributed by atoms with E-state index < -0.39 is 0 Å². The van der Waals surface area contributed by atoms with Gasteiger partial charge in [0.1, 0.15) is 22.6 Å². The van der Waals surface area contributed by atoms with E-state index >= 15 is 0 Å². The van der Waals surface area contributed by atoms with E-state index in [1.54, 1.807) is 0 Å². The molecule has 0 amide bonds. The molecule has 2 aromatic rings. The predicted molar refractivity (Wildman–Crippen MR) is 67.6 cm³/mol. The van der Waals surface area contributed by atoms with Gasteiger partial charge in [0, 0.05) is 24.5 Å². The molecule has 0 spiro atoms. The van der Waals surface area contributed by atoms with Crippen molar-refractivity contribution in [3.8, 4) is 0 Å². The van der Waals surface area contributed by atoms with E-state index in [1.165, 1.54) is 19.2 Å². The van der Waals surface area contributed by atoms with E-state index in [-0.39, 0.29) is 0 Å². The SMILES string of the molecule is Brc1cc(NCc2nccn2C2CC2)ncn1. The van der Waals surface area contributed by atoms with Gasteiger partial charge >= 0.3 is 0 Å². The van der Waals surface area contributed by atoms with Gasteiger partial charge in [-0.1, -0.05) is 0 Å². The first kappa shape index (κ1) is 10.7. The number of imidazole rings is 1. The Kier molecular flexibility index (Phi) is 2.80. The molecule has 0 atom stereocenters. The van der Waals surface area contributed by atoms with Crippen molar-refractivity contribution in [2.24, 2.45) is 0 Å². The lowest BCUT2D eigenvalue weighted by atomic mass is 10.5. The fraction of sp³-hybridized carbons (Fsp3) is 0.364. The van der Waals surface area contributed by atoms with Gasteiger partial charge in [0.15, 0.2) is 0 Å². The number of aromatic nitrogens is 4. The average molecular weight is 294 g/mol. The molecule has 0 bridgehead atoms. The van der Waals surface area contributed by atoms with Crippen LogP contribution in [0.15, 0.2) is 29.4 Å². The highest BCUT2D eigenvalue weighted by molar-refractivity contribution is 9.10. The minimum atomic E-state index is 0.659. The Labute approximate surface area is 107 Å². The van der Waals surface area contributed by atoms with Crippen LogP contribution in [0.25, 0.3) is 0 Å². The fourth-order valence-electron chi connectivity index (χ4n) is 1.77. The zero-order chi connectivity index (χ0) is 11.7. The van der Waals surface area contributed by atoms with Crippen LogP contribution in [0.2, 0.25) is 0 Å². The van der Waals surface area contributed by atoms with Crippen LogP contribution in [0.5, 0.6) is 0 Å². The average Bonchev–Trinajstić information content (AvgIpc) is 3.06. The van der Waals surface area contributed by atoms with Gasteiger partial charge in [-0.15, -0.1) is 0 Å². The van der Waals surface area contributed by atoms with Crippen LogP contribution in [-0.2, 0) is 6.54 Å². The molecule has 1 saturated carbocycles. The van der Waals surface area contributed by atoms with Crippen LogP contribution in [0.1, 0.15) is 24.7 Å². The molecule has 0 unspecified atom stereocenters. The Morgan fingerprint density at radius 3 is 3.00 bits per heavy atom. The van der Waals surface area contributed by atoms with Gasteiger partial charge in [-0.25, -0.2) is 15.0 Å². The molecule has 2 aromatic heterocycles. The number of rotatable bonds is 4. The number of hydrogen-bond acceptors (Lipinski definition) is 4. The number of nitrogens with one attached hydrogen (secondary N) is 1. The summed E-state index contributed by atoms with van der Waals surface area (Å²) in [7, 11) is 0. The molecule has 1 fully saturated rings. The van der Waals surface area contributed by atoms with Crippen LogP contribution < -0.4 is 5.32 Å². The Morgan fingerprint density at radius 2 is 2.24 bits per heavy atom. The Bertz CT molecular complexity index is 520. The van der Waals surface area contributed by atoms with E-state index in [9.17, 15) is 0 Å². The molecule has 0 saturated heterocycles. The molecule has 0 aromatic carbocycles. The van der Waals surface area contributed by atoms with Gasteiger partial charge in [-0.3, -0.25) is 0 Å². The van der Waals surface area contributed by atoms with Crippen molar-refractivity contribution >= 4 is 21.7 Å². The third-order valence-electron chi connectivity index (χ3n) is 2.75. The minimum Gasteiger partial charge on any atom is -0.363 e. The molecule has 17 heavy (non-hydrogen) atoms. The summed E-state index contributed by atoms with van der Waals surface area (Å²) >= 11 is 3.32. The van der Waals surface area contributed by atoms with Gasteiger partial charge in [-0.2, -0.15) is 0 Å². The Balaban J connectivity index is 1.69. The third kappa shape index (κ3) is 2.46. The summed E-state index contributed by atoms with van der Waals surface area (Å²) in [5, 5.41) is 3.25. The lowest BCUT2D eigenvalue weighted by Crippen LogP contribution is -2.08. The van der Waals surface area contributed by atoms with Crippen molar-refractivity contribution in [1.82, 2.24) is 19.5 Å². The van der Waals surface area contributed by atoms with Crippen molar-refractivity contribution in [3.05, 3.63) is 35.2 Å². The second kappa shape index (κ2) is 4.44. The lowest BCUT2D eigenvalue weighted by Gasteiger charge is -2.07. The highest BCUT2D eigenvalue weighted by atomic mass is 79.9. The van der Waals surface area contributed by atoms with E-state index in [0.29, 0.717) is 12.6 Å². The summed E-state index contributed by atoms with van der Waals surface area (Å²) < 4.78 is 3.02. The third-order valence-corrected chi connectivity index (χ3v) is 3.18. The van der Waals surface area contributed by atoms with Gasteiger partial charge in [0.2, 0.25) is 0 Å². The maximum Gasteiger partial charge on any atom is 0.130 e. The molecule has 0 radical (unpaired) electrons. The van der Waals surface area contributed by atoms with Crippen molar-refractivity contribution in [2.75, 3.05) is 5.32 Å². The minimum absolute atomic E-state index is 0.659. The lowest BCUT2D eigenvalue weighted by molar-refractivity contribution is 0.689. The molecule has 1 N–H and O–H groups in total. The van der Waals surface area contributed by atoms with Crippen LogP contribution >= 0.6 is 15.9 Å². The van der Waals surface area contributed by atoms with Crippen molar-refractivity contribution < 1.29 is 0 Å². The van der Waals surface area contributed by atoms with E-state index in [2.05, 4.69) is 40.8 Å². The fourth-order valence-corrected chi connectivity index (χ4v) is 2.07. The molecule has 1 aliphatic carbocycles. The second-order valence-corrected chi connectivity index (χ2v) is 4.87. The number of nitrogens with zero attached hydrogens (tertiary/aromatic N) is 4. The second-order valence-electron chi connectivity index (χ2n) is 4.06. The first-order valence-electron chi connectivity index (χ1n) is 5.56. The van der Waals surface area contributed by atoms with E-state index in [1.807, 2.05) is 18.5 Å². The van der Waals surface area contributed by atoms with Crippen LogP contribution in [0.3, 0.4) is 0 Å². The van der Waals surface area contributed by atoms with Crippen LogP contribution in [-0.4, -0.2) is 19.5 Å². The summed E-state index contributed by atoms with van der Waals surface area (Å²) in [5.41, 5.74) is 0. The van der Waals surface area contributed by atoms with E-state index in [4.69, 9.17) is 0 Å². The number of halogens is 1. The standard InChI is InChI=1S/C11H12BrN5/c12-9-5-10(16-7-15-9)14-6-11-13-3-4-17(11)8-1-2-8/h3-5,7-8H,1-2,6H2,(H,14,15,16). The molecular weight excluding hydrogens is 282 g/mol. The zero-order valence-electron chi connectivity index (χ0n) is 9.17. The van der Waals surface area contributed by atoms with Gasteiger partial charge in [0.05, 0.1) is 6.54 Å². The smallest absolute Gasteiger partial charge is 0.130 e. The highest BCUT2D eigenvalue weighted by Gasteiger charge is 2.25. The first-order valence-corrected chi connectivity index (χ1v) is 6.35. The molecule has 88 valence electrons. The Hall–Kier alpha value is -1.43. The summed E-state index contributed by atoms with van der Waals surface area (Å²) in [5.74, 6) is 1.86. The van der Waals surface area contributed by atoms with Gasteiger partial charge < -0.3 is 9.88 Å². The van der Waals surface area contributed by atoms with Crippen molar-refractivity contribution in [2.45, 2.75) is 25.4 Å². The monoisotopic (exact) mass is 293 g/mol. The number of anilines is 1. The normalized spacial score (nSPS) is 14.9. The quantitative estimate of drug-likeness (QED) is 0.880. The van der Waals surface area contributed by atoms with Crippen LogP contribution in [0, 0.1) is 0 Å². The maximum absolute atomic E-state index is 4.36. The Morgan fingerprint density at radius 1 is 1.35 bits per heavy atom. The van der Waals surface area contributed by atoms with Crippen molar-refractivity contribution in [1.29, 1.82) is 0 Å². The number of hydrogen-bond donors (Lipinski definition) is 1. The molecule has 3 rings (SSSR count). The van der Waals surface area contributed by atoms with Gasteiger partial charge in [-0.05, 0) is 28.8 Å². The van der Waals surface area contributed by atoms with Gasteiger partial charge in [0.25, 0.3) is 0 Å². The summed E-state index contributed by atoms with van der Waals surface area (Å²) in [6.07, 6.45) is 7.96. The molecule has 1 aliphatic rings.